The van der Waals surface area contributed by atoms with Gasteiger partial charge in [0.05, 0.1) is 12.1 Å². The van der Waals surface area contributed by atoms with Gasteiger partial charge in [-0.05, 0) is 24.2 Å². The van der Waals surface area contributed by atoms with E-state index in [1.807, 2.05) is 31.2 Å². The molecule has 2 aliphatic rings. The van der Waals surface area contributed by atoms with E-state index < -0.39 is 0 Å². The third-order valence-electron chi connectivity index (χ3n) is 4.23. The van der Waals surface area contributed by atoms with Crippen molar-refractivity contribution >= 4 is 17.7 Å². The average molecular weight is 294 g/mol. The van der Waals surface area contributed by atoms with Gasteiger partial charge in [0, 0.05) is 44.0 Å². The maximum absolute atomic E-state index is 12.4. The lowest BCUT2D eigenvalue weighted by Crippen LogP contribution is -2.37. The summed E-state index contributed by atoms with van der Waals surface area (Å²) in [5.41, 5.74) is 1.16. The highest BCUT2D eigenvalue weighted by atomic mass is 32.2. The van der Waals surface area contributed by atoms with Gasteiger partial charge in [-0.15, -0.1) is 0 Å². The van der Waals surface area contributed by atoms with E-state index >= 15 is 0 Å². The molecule has 2 aliphatic heterocycles. The smallest absolute Gasteiger partial charge is 0.225 e. The molecule has 3 atom stereocenters. The van der Waals surface area contributed by atoms with Gasteiger partial charge in [-0.25, -0.2) is 0 Å². The van der Waals surface area contributed by atoms with E-state index in [4.69, 9.17) is 0 Å². The van der Waals surface area contributed by atoms with Gasteiger partial charge in [-0.3, -0.25) is 9.48 Å². The average Bonchev–Trinajstić information content (AvgIpc) is 3.16. The second kappa shape index (κ2) is 6.18. The van der Waals surface area contributed by atoms with Crippen molar-refractivity contribution in [2.24, 2.45) is 13.0 Å². The Morgan fingerprint density at radius 2 is 2.50 bits per heavy atom. The Labute approximate surface area is 123 Å². The number of carbonyl (C=O) groups excluding carboxylic acids is 1. The van der Waals surface area contributed by atoms with E-state index in [0.29, 0.717) is 5.25 Å². The fourth-order valence-corrected chi connectivity index (χ4v) is 4.29. The fourth-order valence-electron chi connectivity index (χ4n) is 3.09. The number of nitrogens with zero attached hydrogens (tertiary/aromatic N) is 2. The van der Waals surface area contributed by atoms with Crippen LogP contribution in [0, 0.1) is 5.92 Å². The van der Waals surface area contributed by atoms with Crippen LogP contribution in [-0.2, 0) is 11.8 Å². The molecule has 20 heavy (non-hydrogen) atoms. The second-order valence-corrected chi connectivity index (χ2v) is 7.11. The van der Waals surface area contributed by atoms with E-state index in [-0.39, 0.29) is 17.7 Å². The summed E-state index contributed by atoms with van der Waals surface area (Å²) in [5.74, 6) is 1.71. The van der Waals surface area contributed by atoms with Crippen LogP contribution in [0.15, 0.2) is 12.4 Å². The second-order valence-electron chi connectivity index (χ2n) is 5.70. The molecule has 6 heteroatoms. The summed E-state index contributed by atoms with van der Waals surface area (Å²) >= 11 is 1.98. The predicted molar refractivity (Wildman–Crippen MR) is 80.8 cm³/mol. The number of amides is 1. The Balaban J connectivity index is 1.58. The first-order valence-corrected chi connectivity index (χ1v) is 8.37. The van der Waals surface area contributed by atoms with Gasteiger partial charge in [0.1, 0.15) is 0 Å². The van der Waals surface area contributed by atoms with Gasteiger partial charge >= 0.3 is 0 Å². The number of thioether (sulfide) groups is 1. The molecule has 2 saturated heterocycles. The van der Waals surface area contributed by atoms with Crippen LogP contribution in [0.25, 0.3) is 0 Å². The molecule has 0 radical (unpaired) electrons. The molecule has 2 fully saturated rings. The maximum Gasteiger partial charge on any atom is 0.225 e. The number of aryl methyl sites for hydroxylation is 1. The highest BCUT2D eigenvalue weighted by molar-refractivity contribution is 8.00. The summed E-state index contributed by atoms with van der Waals surface area (Å²) in [6, 6.07) is 0. The monoisotopic (exact) mass is 294 g/mol. The molecule has 0 bridgehead atoms. The summed E-state index contributed by atoms with van der Waals surface area (Å²) in [4.78, 5) is 12.4. The first-order valence-electron chi connectivity index (χ1n) is 7.32. The summed E-state index contributed by atoms with van der Waals surface area (Å²) in [7, 11) is 1.91. The zero-order valence-corrected chi connectivity index (χ0v) is 12.7. The standard InChI is InChI=1S/C14H22N4OS/c1-18-9-10(5-17-18)12-7-15-8-13(12)14(19)16-6-11-3-2-4-20-11/h5,9,11-13,15H,2-4,6-8H2,1H3,(H,16,19)/t11?,12-,13+/m1/s1. The Morgan fingerprint density at radius 1 is 1.60 bits per heavy atom. The Morgan fingerprint density at radius 3 is 3.20 bits per heavy atom. The molecule has 3 rings (SSSR count). The van der Waals surface area contributed by atoms with E-state index in [9.17, 15) is 4.79 Å². The predicted octanol–water partition coefficient (Wildman–Crippen LogP) is 0.735. The molecule has 0 spiro atoms. The molecule has 110 valence electrons. The van der Waals surface area contributed by atoms with Crippen molar-refractivity contribution in [2.45, 2.75) is 24.0 Å². The number of carbonyl (C=O) groups is 1. The molecular weight excluding hydrogens is 272 g/mol. The molecule has 3 heterocycles. The Bertz CT molecular complexity index is 469. The van der Waals surface area contributed by atoms with Crippen molar-refractivity contribution in [3.63, 3.8) is 0 Å². The number of hydrogen-bond donors (Lipinski definition) is 2. The van der Waals surface area contributed by atoms with Crippen molar-refractivity contribution in [2.75, 3.05) is 25.4 Å². The molecule has 1 aromatic heterocycles. The molecule has 0 saturated carbocycles. The maximum atomic E-state index is 12.4. The van der Waals surface area contributed by atoms with Crippen molar-refractivity contribution in [3.8, 4) is 0 Å². The molecule has 1 unspecified atom stereocenters. The zero-order valence-electron chi connectivity index (χ0n) is 11.8. The van der Waals surface area contributed by atoms with Gasteiger partial charge in [-0.1, -0.05) is 0 Å². The summed E-state index contributed by atoms with van der Waals surface area (Å²) in [6.45, 7) is 2.45. The molecule has 5 nitrogen and oxygen atoms in total. The van der Waals surface area contributed by atoms with Gasteiger partial charge < -0.3 is 10.6 Å². The minimum absolute atomic E-state index is 0.0330. The first kappa shape index (κ1) is 13.9. The molecule has 0 aromatic carbocycles. The van der Waals surface area contributed by atoms with Crippen LogP contribution in [0.4, 0.5) is 0 Å². The third-order valence-corrected chi connectivity index (χ3v) is 5.63. The lowest BCUT2D eigenvalue weighted by Gasteiger charge is -2.18. The SMILES string of the molecule is Cn1cc([C@H]2CNC[C@@H]2C(=O)NCC2CCCS2)cn1. The Hall–Kier alpha value is -1.01. The fraction of sp³-hybridized carbons (Fsp3) is 0.714. The highest BCUT2D eigenvalue weighted by Crippen LogP contribution is 2.29. The molecule has 1 amide bonds. The zero-order chi connectivity index (χ0) is 13.9. The van der Waals surface area contributed by atoms with Crippen molar-refractivity contribution in [1.29, 1.82) is 0 Å². The molecule has 2 N–H and O–H groups in total. The summed E-state index contributed by atoms with van der Waals surface area (Å²) < 4.78 is 1.80. The van der Waals surface area contributed by atoms with Gasteiger partial charge in [0.25, 0.3) is 0 Å². The third kappa shape index (κ3) is 3.01. The first-order chi connectivity index (χ1) is 9.74. The van der Waals surface area contributed by atoms with Crippen LogP contribution < -0.4 is 10.6 Å². The van der Waals surface area contributed by atoms with Crippen molar-refractivity contribution in [3.05, 3.63) is 18.0 Å². The van der Waals surface area contributed by atoms with Crippen molar-refractivity contribution < 1.29 is 4.79 Å². The van der Waals surface area contributed by atoms with E-state index in [0.717, 1.165) is 25.2 Å². The number of aromatic nitrogens is 2. The summed E-state index contributed by atoms with van der Waals surface area (Å²) in [6.07, 6.45) is 6.42. The minimum Gasteiger partial charge on any atom is -0.355 e. The van der Waals surface area contributed by atoms with Gasteiger partial charge in [0.2, 0.25) is 5.91 Å². The van der Waals surface area contributed by atoms with E-state index in [1.165, 1.54) is 18.6 Å². The topological polar surface area (TPSA) is 59.0 Å². The molecular formula is C14H22N4OS. The number of hydrogen-bond acceptors (Lipinski definition) is 4. The molecule has 0 aliphatic carbocycles. The largest absolute Gasteiger partial charge is 0.355 e. The highest BCUT2D eigenvalue weighted by Gasteiger charge is 2.34. The van der Waals surface area contributed by atoms with Crippen LogP contribution in [0.5, 0.6) is 0 Å². The van der Waals surface area contributed by atoms with Gasteiger partial charge in [-0.2, -0.15) is 16.9 Å². The lowest BCUT2D eigenvalue weighted by atomic mass is 9.90. The number of nitrogens with one attached hydrogen (secondary N) is 2. The van der Waals surface area contributed by atoms with Crippen LogP contribution >= 0.6 is 11.8 Å². The van der Waals surface area contributed by atoms with Crippen molar-refractivity contribution in [1.82, 2.24) is 20.4 Å². The minimum atomic E-state index is 0.0330. The molecule has 1 aromatic rings. The van der Waals surface area contributed by atoms with Crippen LogP contribution in [0.1, 0.15) is 24.3 Å². The van der Waals surface area contributed by atoms with Crippen LogP contribution in [0.2, 0.25) is 0 Å². The van der Waals surface area contributed by atoms with Gasteiger partial charge in [0.15, 0.2) is 0 Å². The van der Waals surface area contributed by atoms with E-state index in [1.54, 1.807) is 4.68 Å². The summed E-state index contributed by atoms with van der Waals surface area (Å²) in [5, 5.41) is 11.3. The van der Waals surface area contributed by atoms with Crippen LogP contribution in [0.3, 0.4) is 0 Å². The normalized spacial score (nSPS) is 29.8. The van der Waals surface area contributed by atoms with Crippen LogP contribution in [-0.4, -0.2) is 46.3 Å². The Kier molecular flexibility index (Phi) is 4.31. The van der Waals surface area contributed by atoms with E-state index in [2.05, 4.69) is 15.7 Å². The quantitative estimate of drug-likeness (QED) is 0.860. The lowest BCUT2D eigenvalue weighted by molar-refractivity contribution is -0.124. The number of rotatable bonds is 4.